The van der Waals surface area contributed by atoms with Crippen molar-refractivity contribution in [2.24, 2.45) is 5.92 Å². The lowest BCUT2D eigenvalue weighted by molar-refractivity contribution is -0.104. The fraction of sp³-hybridized carbons (Fsp3) is 0.625. The molecule has 0 N–H and O–H groups in total. The van der Waals surface area contributed by atoms with E-state index in [2.05, 4.69) is 13.8 Å². The first-order chi connectivity index (χ1) is 4.09. The second-order valence-corrected chi connectivity index (χ2v) is 2.64. The largest absolute Gasteiger partial charge is 0.298 e. The van der Waals surface area contributed by atoms with E-state index in [-0.39, 0.29) is 0 Å². The van der Waals surface area contributed by atoms with E-state index in [1.54, 1.807) is 0 Å². The van der Waals surface area contributed by atoms with Gasteiger partial charge in [-0.05, 0) is 25.3 Å². The van der Waals surface area contributed by atoms with E-state index in [1.807, 2.05) is 13.8 Å². The average Bonchev–Trinajstić information content (AvgIpc) is 1.84. The number of hydrogen-bond donors (Lipinski definition) is 0. The van der Waals surface area contributed by atoms with Crippen molar-refractivity contribution in [2.75, 3.05) is 0 Å². The SMILES string of the molecule is C/C(C=O)=C(/C)C(C)C. The van der Waals surface area contributed by atoms with Crippen molar-refractivity contribution >= 4 is 6.29 Å². The molecule has 0 aromatic carbocycles. The van der Waals surface area contributed by atoms with Gasteiger partial charge in [0.1, 0.15) is 6.29 Å². The highest BCUT2D eigenvalue weighted by Crippen LogP contribution is 2.11. The molecule has 1 heteroatoms. The van der Waals surface area contributed by atoms with Gasteiger partial charge in [-0.15, -0.1) is 0 Å². The molecule has 52 valence electrons. The maximum atomic E-state index is 10.2. The summed E-state index contributed by atoms with van der Waals surface area (Å²) in [5.74, 6) is 0.496. The van der Waals surface area contributed by atoms with Crippen LogP contribution in [0.15, 0.2) is 11.1 Å². The average molecular weight is 126 g/mol. The molecule has 0 spiro atoms. The molecular weight excluding hydrogens is 112 g/mol. The predicted molar refractivity (Wildman–Crippen MR) is 39.3 cm³/mol. The summed E-state index contributed by atoms with van der Waals surface area (Å²) >= 11 is 0. The third-order valence-electron chi connectivity index (χ3n) is 1.66. The van der Waals surface area contributed by atoms with Crippen LogP contribution in [0.2, 0.25) is 0 Å². The zero-order chi connectivity index (χ0) is 7.44. The van der Waals surface area contributed by atoms with Crippen molar-refractivity contribution in [3.8, 4) is 0 Å². The van der Waals surface area contributed by atoms with E-state index >= 15 is 0 Å². The van der Waals surface area contributed by atoms with E-state index in [0.717, 1.165) is 11.9 Å². The zero-order valence-electron chi connectivity index (χ0n) is 6.56. The Bertz CT molecular complexity index is 132. The smallest absolute Gasteiger partial charge is 0.145 e. The van der Waals surface area contributed by atoms with Crippen molar-refractivity contribution in [1.82, 2.24) is 0 Å². The van der Waals surface area contributed by atoms with Crippen LogP contribution in [0.3, 0.4) is 0 Å². The molecule has 9 heavy (non-hydrogen) atoms. The van der Waals surface area contributed by atoms with Crippen LogP contribution in [-0.2, 0) is 4.79 Å². The normalized spacial score (nSPS) is 13.4. The van der Waals surface area contributed by atoms with Crippen LogP contribution in [-0.4, -0.2) is 6.29 Å². The van der Waals surface area contributed by atoms with Gasteiger partial charge in [0, 0.05) is 0 Å². The molecule has 0 aliphatic carbocycles. The first-order valence-corrected chi connectivity index (χ1v) is 3.22. The molecule has 0 saturated carbocycles. The van der Waals surface area contributed by atoms with Crippen molar-refractivity contribution in [2.45, 2.75) is 27.7 Å². The second-order valence-electron chi connectivity index (χ2n) is 2.64. The maximum absolute atomic E-state index is 10.2. The molecular formula is C8H14O. The highest BCUT2D eigenvalue weighted by molar-refractivity contribution is 5.73. The minimum Gasteiger partial charge on any atom is -0.298 e. The molecule has 0 heterocycles. The minimum atomic E-state index is 0.496. The van der Waals surface area contributed by atoms with Crippen LogP contribution >= 0.6 is 0 Å². The summed E-state index contributed by atoms with van der Waals surface area (Å²) in [4.78, 5) is 10.2. The van der Waals surface area contributed by atoms with Gasteiger partial charge in [0.2, 0.25) is 0 Å². The van der Waals surface area contributed by atoms with Crippen LogP contribution in [0.4, 0.5) is 0 Å². The Kier molecular flexibility index (Phi) is 3.21. The molecule has 1 nitrogen and oxygen atoms in total. The molecule has 0 aliphatic heterocycles. The number of rotatable bonds is 2. The number of allylic oxidation sites excluding steroid dienone is 2. The zero-order valence-corrected chi connectivity index (χ0v) is 6.56. The Hall–Kier alpha value is -0.590. The fourth-order valence-electron chi connectivity index (χ4n) is 0.548. The van der Waals surface area contributed by atoms with Gasteiger partial charge in [-0.3, -0.25) is 4.79 Å². The summed E-state index contributed by atoms with van der Waals surface area (Å²) in [5.41, 5.74) is 2.05. The molecule has 0 fully saturated rings. The van der Waals surface area contributed by atoms with E-state index in [9.17, 15) is 4.79 Å². The third kappa shape index (κ3) is 2.45. The van der Waals surface area contributed by atoms with Crippen molar-refractivity contribution < 1.29 is 4.79 Å². The van der Waals surface area contributed by atoms with Crippen molar-refractivity contribution in [3.05, 3.63) is 11.1 Å². The maximum Gasteiger partial charge on any atom is 0.145 e. The van der Waals surface area contributed by atoms with Gasteiger partial charge in [0.15, 0.2) is 0 Å². The lowest BCUT2D eigenvalue weighted by atomic mass is 10.0. The van der Waals surface area contributed by atoms with Gasteiger partial charge in [-0.2, -0.15) is 0 Å². The molecule has 0 aromatic heterocycles. The topological polar surface area (TPSA) is 17.1 Å². The summed E-state index contributed by atoms with van der Waals surface area (Å²) in [6.07, 6.45) is 0.912. The molecule has 0 rings (SSSR count). The minimum absolute atomic E-state index is 0.496. The van der Waals surface area contributed by atoms with Gasteiger partial charge in [-0.1, -0.05) is 19.4 Å². The van der Waals surface area contributed by atoms with E-state index in [0.29, 0.717) is 5.92 Å². The van der Waals surface area contributed by atoms with Crippen LogP contribution in [0.25, 0.3) is 0 Å². The van der Waals surface area contributed by atoms with Crippen LogP contribution in [0.5, 0.6) is 0 Å². The van der Waals surface area contributed by atoms with Crippen LogP contribution < -0.4 is 0 Å². The Morgan fingerprint density at radius 3 is 1.89 bits per heavy atom. The third-order valence-corrected chi connectivity index (χ3v) is 1.66. The summed E-state index contributed by atoms with van der Waals surface area (Å²) in [5, 5.41) is 0. The standard InChI is InChI=1S/C8H14O/c1-6(2)8(4)7(3)5-9/h5-6H,1-4H3/b8-7+. The first-order valence-electron chi connectivity index (χ1n) is 3.22. The Balaban J connectivity index is 4.27. The van der Waals surface area contributed by atoms with E-state index in [4.69, 9.17) is 0 Å². The van der Waals surface area contributed by atoms with E-state index < -0.39 is 0 Å². The molecule has 0 saturated heterocycles. The monoisotopic (exact) mass is 126 g/mol. The number of carbonyl (C=O) groups excluding carboxylic acids is 1. The second kappa shape index (κ2) is 3.44. The lowest BCUT2D eigenvalue weighted by Gasteiger charge is -2.04. The Morgan fingerprint density at radius 1 is 1.33 bits per heavy atom. The molecule has 0 atom stereocenters. The Morgan fingerprint density at radius 2 is 1.78 bits per heavy atom. The lowest BCUT2D eigenvalue weighted by Crippen LogP contribution is -1.93. The molecule has 0 radical (unpaired) electrons. The van der Waals surface area contributed by atoms with E-state index in [1.165, 1.54) is 5.57 Å². The van der Waals surface area contributed by atoms with Gasteiger partial charge in [0.05, 0.1) is 0 Å². The highest BCUT2D eigenvalue weighted by atomic mass is 16.1. The number of hydrogen-bond acceptors (Lipinski definition) is 1. The summed E-state index contributed by atoms with van der Waals surface area (Å²) in [7, 11) is 0. The molecule has 0 aliphatic rings. The summed E-state index contributed by atoms with van der Waals surface area (Å²) in [6, 6.07) is 0. The van der Waals surface area contributed by atoms with Crippen LogP contribution in [0.1, 0.15) is 27.7 Å². The number of carbonyl (C=O) groups is 1. The van der Waals surface area contributed by atoms with Gasteiger partial charge < -0.3 is 0 Å². The highest BCUT2D eigenvalue weighted by Gasteiger charge is 1.98. The molecule has 0 unspecified atom stereocenters. The Labute approximate surface area is 56.8 Å². The van der Waals surface area contributed by atoms with Crippen molar-refractivity contribution in [3.63, 3.8) is 0 Å². The number of aldehydes is 1. The van der Waals surface area contributed by atoms with Crippen LogP contribution in [0, 0.1) is 5.92 Å². The molecule has 0 bridgehead atoms. The quantitative estimate of drug-likeness (QED) is 0.409. The molecule has 0 amide bonds. The van der Waals surface area contributed by atoms with Gasteiger partial charge in [-0.25, -0.2) is 0 Å². The van der Waals surface area contributed by atoms with Gasteiger partial charge >= 0.3 is 0 Å². The predicted octanol–water partition coefficient (Wildman–Crippen LogP) is 2.18. The van der Waals surface area contributed by atoms with Gasteiger partial charge in [0.25, 0.3) is 0 Å². The fourth-order valence-corrected chi connectivity index (χ4v) is 0.548. The summed E-state index contributed by atoms with van der Waals surface area (Å²) < 4.78 is 0. The van der Waals surface area contributed by atoms with Crippen molar-refractivity contribution in [1.29, 1.82) is 0 Å². The molecule has 0 aromatic rings. The first kappa shape index (κ1) is 8.41. The summed E-state index contributed by atoms with van der Waals surface area (Å²) in [6.45, 7) is 8.02.